The van der Waals surface area contributed by atoms with Crippen LogP contribution < -0.4 is 5.32 Å². The summed E-state index contributed by atoms with van der Waals surface area (Å²) in [6, 6.07) is 14.0. The van der Waals surface area contributed by atoms with Crippen molar-refractivity contribution in [1.82, 2.24) is 20.2 Å². The average molecular weight is 537 g/mol. The molecular weight excluding hydrogens is 500 g/mol. The number of likely N-dealkylation sites (tertiary alicyclic amines) is 2. The molecule has 6 rings (SSSR count). The van der Waals surface area contributed by atoms with Crippen LogP contribution in [0.25, 0.3) is 0 Å². The third-order valence-corrected chi connectivity index (χ3v) is 9.45. The molecule has 1 aromatic carbocycles. The molecule has 1 aliphatic carbocycles. The maximum atomic E-state index is 13.6. The molecule has 38 heavy (non-hydrogen) atoms. The van der Waals surface area contributed by atoms with E-state index < -0.39 is 18.1 Å². The van der Waals surface area contributed by atoms with E-state index in [9.17, 15) is 14.4 Å². The Labute approximate surface area is 227 Å². The molecule has 3 unspecified atom stereocenters. The van der Waals surface area contributed by atoms with Crippen molar-refractivity contribution in [3.05, 3.63) is 58.3 Å². The Morgan fingerprint density at radius 2 is 1.71 bits per heavy atom. The lowest BCUT2D eigenvalue weighted by atomic mass is 9.93. The molecule has 9 heteroatoms. The summed E-state index contributed by atoms with van der Waals surface area (Å²) < 4.78 is 0. The fraction of sp³-hybridized carbons (Fsp3) is 0.552. The first-order valence-corrected chi connectivity index (χ1v) is 14.9. The van der Waals surface area contributed by atoms with Gasteiger partial charge in [-0.25, -0.2) is 0 Å². The molecule has 3 amide bonds. The molecule has 1 aromatic heterocycles. The van der Waals surface area contributed by atoms with E-state index in [0.717, 1.165) is 69.5 Å². The largest absolute Gasteiger partial charge is 0.352 e. The number of thiophene rings is 1. The molecule has 3 atom stereocenters. The Kier molecular flexibility index (Phi) is 7.61. The molecule has 4 aliphatic rings. The zero-order chi connectivity index (χ0) is 26.1. The molecule has 0 radical (unpaired) electrons. The molecule has 3 saturated heterocycles. The number of carbonyl (C=O) groups is 3. The van der Waals surface area contributed by atoms with Crippen LogP contribution in [-0.4, -0.2) is 70.4 Å². The lowest BCUT2D eigenvalue weighted by Crippen LogP contribution is -2.48. The molecule has 2 aromatic rings. The highest BCUT2D eigenvalue weighted by molar-refractivity contribution is 7.10. The number of nitrogens with zero attached hydrogens (tertiary/aromatic N) is 3. The van der Waals surface area contributed by atoms with Crippen molar-refractivity contribution < 1.29 is 19.2 Å². The van der Waals surface area contributed by atoms with E-state index in [1.165, 1.54) is 21.8 Å². The van der Waals surface area contributed by atoms with Crippen molar-refractivity contribution in [2.75, 3.05) is 19.6 Å². The monoisotopic (exact) mass is 536 g/mol. The van der Waals surface area contributed by atoms with E-state index >= 15 is 0 Å². The smallest absolute Gasteiger partial charge is 0.261 e. The van der Waals surface area contributed by atoms with Crippen LogP contribution in [-0.2, 0) is 25.8 Å². The van der Waals surface area contributed by atoms with E-state index in [0.29, 0.717) is 0 Å². The van der Waals surface area contributed by atoms with Gasteiger partial charge in [0.15, 0.2) is 6.10 Å². The molecule has 4 fully saturated rings. The van der Waals surface area contributed by atoms with Crippen LogP contribution in [0.15, 0.2) is 47.8 Å². The minimum atomic E-state index is -0.842. The first kappa shape index (κ1) is 25.7. The van der Waals surface area contributed by atoms with Crippen LogP contribution in [0.1, 0.15) is 61.4 Å². The Morgan fingerprint density at radius 3 is 2.42 bits per heavy atom. The Morgan fingerprint density at radius 1 is 0.947 bits per heavy atom. The number of benzene rings is 1. The van der Waals surface area contributed by atoms with E-state index in [4.69, 9.17) is 4.84 Å². The highest BCUT2D eigenvalue weighted by Crippen LogP contribution is 2.47. The van der Waals surface area contributed by atoms with Gasteiger partial charge >= 0.3 is 0 Å². The molecular formula is C29H36N4O4S. The topological polar surface area (TPSA) is 82.2 Å². The van der Waals surface area contributed by atoms with Gasteiger partial charge in [-0.1, -0.05) is 55.7 Å². The maximum absolute atomic E-state index is 13.6. The van der Waals surface area contributed by atoms with Crippen molar-refractivity contribution in [3.63, 3.8) is 0 Å². The first-order chi connectivity index (χ1) is 18.6. The predicted octanol–water partition coefficient (Wildman–Crippen LogP) is 3.50. The number of hydroxylamine groups is 2. The lowest BCUT2D eigenvalue weighted by Gasteiger charge is -2.33. The van der Waals surface area contributed by atoms with E-state index in [1.807, 2.05) is 23.6 Å². The highest BCUT2D eigenvalue weighted by atomic mass is 32.1. The van der Waals surface area contributed by atoms with Crippen molar-refractivity contribution in [3.8, 4) is 0 Å². The van der Waals surface area contributed by atoms with Crippen molar-refractivity contribution in [2.24, 2.45) is 5.92 Å². The number of hydrogen-bond donors (Lipinski definition) is 1. The van der Waals surface area contributed by atoms with Gasteiger partial charge in [0.05, 0.1) is 12.0 Å². The zero-order valence-corrected chi connectivity index (χ0v) is 22.5. The van der Waals surface area contributed by atoms with Crippen LogP contribution >= 0.6 is 11.3 Å². The van der Waals surface area contributed by atoms with Crippen LogP contribution in [0.4, 0.5) is 0 Å². The fourth-order valence-electron chi connectivity index (χ4n) is 6.60. The summed E-state index contributed by atoms with van der Waals surface area (Å²) >= 11 is 1.54. The SMILES string of the molecule is O=C(CN1OC2C(=O)N(C3CCCCC3)C(=O)C2C1c1cccs1)NC1CCN(Cc2ccccc2)CC1. The van der Waals surface area contributed by atoms with Crippen LogP contribution in [0, 0.1) is 5.92 Å². The van der Waals surface area contributed by atoms with E-state index in [2.05, 4.69) is 34.5 Å². The summed E-state index contributed by atoms with van der Waals surface area (Å²) in [5.74, 6) is -1.10. The third-order valence-electron chi connectivity index (χ3n) is 8.50. The summed E-state index contributed by atoms with van der Waals surface area (Å²) in [6.45, 7) is 2.79. The average Bonchev–Trinajstić information content (AvgIpc) is 3.64. The third kappa shape index (κ3) is 5.17. The van der Waals surface area contributed by atoms with Gasteiger partial charge in [0.1, 0.15) is 6.54 Å². The minimum absolute atomic E-state index is 0.00375. The van der Waals surface area contributed by atoms with Gasteiger partial charge in [-0.3, -0.25) is 29.0 Å². The summed E-state index contributed by atoms with van der Waals surface area (Å²) in [6.07, 6.45) is 5.94. The standard InChI is InChI=1S/C29H36N4O4S/c34-24(30-21-13-15-31(16-14-21)18-20-8-3-1-4-9-20)19-32-26(23-12-7-17-38-23)25-27(37-32)29(36)33(28(25)35)22-10-5-2-6-11-22/h1,3-4,7-9,12,17,21-22,25-27H,2,5-6,10-11,13-16,18-19H2,(H,30,34). The lowest BCUT2D eigenvalue weighted by molar-refractivity contribution is -0.183. The second kappa shape index (κ2) is 11.3. The molecule has 202 valence electrons. The van der Waals surface area contributed by atoms with E-state index in [1.54, 1.807) is 5.06 Å². The molecule has 3 aliphatic heterocycles. The number of piperidine rings is 1. The Balaban J connectivity index is 1.08. The van der Waals surface area contributed by atoms with Crippen molar-refractivity contribution >= 4 is 29.1 Å². The van der Waals surface area contributed by atoms with Crippen LogP contribution in [0.5, 0.6) is 0 Å². The Hall–Kier alpha value is -2.59. The zero-order valence-electron chi connectivity index (χ0n) is 21.7. The quantitative estimate of drug-likeness (QED) is 0.546. The molecule has 0 spiro atoms. The number of fused-ring (bicyclic) bond motifs is 1. The van der Waals surface area contributed by atoms with E-state index in [-0.39, 0.29) is 36.3 Å². The normalized spacial score (nSPS) is 27.7. The number of nitrogens with one attached hydrogen (secondary N) is 1. The number of rotatable bonds is 7. The molecule has 0 bridgehead atoms. The summed E-state index contributed by atoms with van der Waals surface area (Å²) in [4.78, 5) is 51.1. The van der Waals surface area contributed by atoms with Gasteiger partial charge in [-0.05, 0) is 42.7 Å². The maximum Gasteiger partial charge on any atom is 0.261 e. The minimum Gasteiger partial charge on any atom is -0.352 e. The number of amides is 3. The van der Waals surface area contributed by atoms with Gasteiger partial charge in [-0.15, -0.1) is 11.3 Å². The van der Waals surface area contributed by atoms with Gasteiger partial charge in [0.2, 0.25) is 11.8 Å². The Bertz CT molecular complexity index is 1130. The molecule has 4 heterocycles. The molecule has 8 nitrogen and oxygen atoms in total. The summed E-state index contributed by atoms with van der Waals surface area (Å²) in [5, 5.41) is 6.74. The second-order valence-corrected chi connectivity index (χ2v) is 12.0. The number of imide groups is 1. The van der Waals surface area contributed by atoms with Gasteiger partial charge in [0.25, 0.3) is 5.91 Å². The van der Waals surface area contributed by atoms with Gasteiger partial charge in [0, 0.05) is 36.6 Å². The highest BCUT2D eigenvalue weighted by Gasteiger charge is 2.61. The molecule has 1 N–H and O–H groups in total. The van der Waals surface area contributed by atoms with Gasteiger partial charge < -0.3 is 5.32 Å². The first-order valence-electron chi connectivity index (χ1n) is 14.0. The van der Waals surface area contributed by atoms with Gasteiger partial charge in [-0.2, -0.15) is 5.06 Å². The summed E-state index contributed by atoms with van der Waals surface area (Å²) in [7, 11) is 0. The van der Waals surface area contributed by atoms with Crippen molar-refractivity contribution in [2.45, 2.75) is 75.7 Å². The summed E-state index contributed by atoms with van der Waals surface area (Å²) in [5.41, 5.74) is 1.30. The number of hydrogen-bond acceptors (Lipinski definition) is 7. The van der Waals surface area contributed by atoms with Crippen molar-refractivity contribution in [1.29, 1.82) is 0 Å². The predicted molar refractivity (Wildman–Crippen MR) is 144 cm³/mol. The van der Waals surface area contributed by atoms with Crippen LogP contribution in [0.3, 0.4) is 0 Å². The molecule has 1 saturated carbocycles. The number of carbonyl (C=O) groups excluding carboxylic acids is 3. The fourth-order valence-corrected chi connectivity index (χ4v) is 7.47. The van der Waals surface area contributed by atoms with Crippen LogP contribution in [0.2, 0.25) is 0 Å². The second-order valence-electron chi connectivity index (χ2n) is 11.0.